The maximum absolute atomic E-state index is 12.8. The first kappa shape index (κ1) is 52.3. The van der Waals surface area contributed by atoms with Gasteiger partial charge in [0, 0.05) is 31.4 Å². The maximum atomic E-state index is 12.8. The predicted molar refractivity (Wildman–Crippen MR) is 269 cm³/mol. The number of hydrogen-bond donors (Lipinski definition) is 6. The molecule has 7 unspecified atom stereocenters. The van der Waals surface area contributed by atoms with Crippen LogP contribution in [0.5, 0.6) is 0 Å². The van der Waals surface area contributed by atoms with Gasteiger partial charge in [-0.3, -0.25) is 24.3 Å². The van der Waals surface area contributed by atoms with E-state index in [1.165, 1.54) is 66.3 Å². The summed E-state index contributed by atoms with van der Waals surface area (Å²) < 4.78 is 0. The van der Waals surface area contributed by atoms with Gasteiger partial charge in [-0.05, 0) is 154 Å². The van der Waals surface area contributed by atoms with Crippen LogP contribution in [0.15, 0.2) is 65.8 Å². The average molecular weight is 919 g/mol. The quantitative estimate of drug-likeness (QED) is 0.0560. The Hall–Kier alpha value is -5.70. The molecule has 6 N–H and O–H groups in total. The molecule has 0 radical (unpaired) electrons. The fourth-order valence-electron chi connectivity index (χ4n) is 10.8. The van der Waals surface area contributed by atoms with Crippen LogP contribution >= 0.6 is 0 Å². The number of aromatic amines is 1. The Morgan fingerprint density at radius 3 is 2.18 bits per heavy atom. The van der Waals surface area contributed by atoms with E-state index < -0.39 is 0 Å². The largest absolute Gasteiger partial charge is 0.483 e. The molecule has 7 atom stereocenters. The van der Waals surface area contributed by atoms with E-state index in [2.05, 4.69) is 113 Å². The number of likely N-dealkylation sites (N-methyl/N-ethyl adjacent to an activating group) is 3. The summed E-state index contributed by atoms with van der Waals surface area (Å²) in [6.45, 7) is 13.6. The topological polar surface area (TPSA) is 192 Å². The lowest BCUT2D eigenvalue weighted by Crippen LogP contribution is -2.43. The van der Waals surface area contributed by atoms with Gasteiger partial charge in [0.1, 0.15) is 12.1 Å². The molecule has 3 heterocycles. The van der Waals surface area contributed by atoms with E-state index in [-0.39, 0.29) is 30.9 Å². The lowest BCUT2D eigenvalue weighted by molar-refractivity contribution is -0.131. The van der Waals surface area contributed by atoms with Crippen molar-refractivity contribution in [1.29, 1.82) is 0 Å². The van der Waals surface area contributed by atoms with Gasteiger partial charge in [0.05, 0.1) is 35.4 Å². The van der Waals surface area contributed by atoms with Crippen molar-refractivity contribution in [3.63, 3.8) is 0 Å². The second-order valence-electron chi connectivity index (χ2n) is 18.6. The third-order valence-electron chi connectivity index (χ3n) is 14.2. The fourth-order valence-corrected chi connectivity index (χ4v) is 10.8. The molecule has 3 aromatic carbocycles. The van der Waals surface area contributed by atoms with Gasteiger partial charge >= 0.3 is 0 Å². The van der Waals surface area contributed by atoms with Crippen molar-refractivity contribution in [3.05, 3.63) is 83.3 Å². The van der Waals surface area contributed by atoms with Crippen molar-refractivity contribution >= 4 is 48.6 Å². The van der Waals surface area contributed by atoms with E-state index >= 15 is 0 Å². The summed E-state index contributed by atoms with van der Waals surface area (Å²) in [6.07, 6.45) is 13.8. The van der Waals surface area contributed by atoms with Crippen LogP contribution in [0.1, 0.15) is 114 Å². The number of nitrogens with zero attached hydrogens (tertiary/aromatic N) is 4. The Kier molecular flexibility index (Phi) is 19.8. The number of nitrogens with one attached hydrogen (secondary N) is 4. The van der Waals surface area contributed by atoms with E-state index in [1.807, 2.05) is 32.0 Å². The Balaban J connectivity index is 0.000000429. The number of carbonyl (C=O) groups is 4. The maximum Gasteiger partial charge on any atom is 0.290 e. The number of aromatic nitrogens is 2. The molecule has 2 aliphatic heterocycles. The van der Waals surface area contributed by atoms with Gasteiger partial charge in [0.25, 0.3) is 12.9 Å². The molecule has 67 heavy (non-hydrogen) atoms. The molecule has 2 saturated carbocycles. The molecule has 9 rings (SSSR count). The molecular formula is C53H74N8O6. The standard InChI is InChI=1S/C42H49N7O.C6H13NO.C3H8.2CH2O2/c1-43-22-37(45-23-39-29-10-13-30(19-29)48(39)3)26-8-6-25(7-9-26)31-15-16-33(41-32-14-11-27(32)20-34(31)41)28-12-17-35-36(21-28)47-42(46-35)38-5-4-18-49(38)40(50)24-44-2;1-5(2)6(4-8)7-3;1-3-2;2*2-1-3/h6-9,12,15-17,21-22,27,29-30,32,38-39,44-45H,1,4-5,10-11,13-14,18-20,23-24H2,2-3H3,(H,46,47);4-7H,1-3H3;3H2,1-2H3;2*1H,(H,2,3)/b37-22-;;;;. The Bertz CT molecular complexity index is 2280. The normalized spacial score (nSPS) is 22.5. The number of piperidine rings is 1. The number of carbonyl (C=O) groups excluding carboxylic acids is 2. The zero-order valence-electron chi connectivity index (χ0n) is 40.6. The van der Waals surface area contributed by atoms with Crippen molar-refractivity contribution in [3.8, 4) is 22.3 Å². The highest BCUT2D eigenvalue weighted by Crippen LogP contribution is 2.56. The summed E-state index contributed by atoms with van der Waals surface area (Å²) in [7, 11) is 5.91. The van der Waals surface area contributed by atoms with E-state index in [0.717, 1.165) is 84.6 Å². The highest BCUT2D eigenvalue weighted by atomic mass is 16.3. The third kappa shape index (κ3) is 12.3. The van der Waals surface area contributed by atoms with Crippen LogP contribution in [-0.4, -0.2) is 121 Å². The molecule has 14 heteroatoms. The van der Waals surface area contributed by atoms with Crippen LogP contribution in [-0.2, 0) is 25.6 Å². The summed E-state index contributed by atoms with van der Waals surface area (Å²) in [6, 6.07) is 21.8. The van der Waals surface area contributed by atoms with E-state index in [1.54, 1.807) is 12.6 Å². The van der Waals surface area contributed by atoms with Crippen molar-refractivity contribution in [2.24, 2.45) is 22.7 Å². The van der Waals surface area contributed by atoms with Crippen LogP contribution in [0.4, 0.5) is 0 Å². The lowest BCUT2D eigenvalue weighted by atomic mass is 9.73. The molecule has 1 amide bonds. The molecule has 2 saturated heterocycles. The summed E-state index contributed by atoms with van der Waals surface area (Å²) in [5.41, 5.74) is 12.5. The van der Waals surface area contributed by atoms with E-state index in [0.29, 0.717) is 24.4 Å². The smallest absolute Gasteiger partial charge is 0.290 e. The molecule has 0 spiro atoms. The highest BCUT2D eigenvalue weighted by Gasteiger charge is 2.44. The fraction of sp³-hybridized carbons (Fsp3) is 0.509. The molecular weight excluding hydrogens is 845 g/mol. The van der Waals surface area contributed by atoms with E-state index in [9.17, 15) is 9.59 Å². The van der Waals surface area contributed by atoms with Crippen molar-refractivity contribution < 1.29 is 29.4 Å². The number of H-pyrrole nitrogens is 1. The third-order valence-corrected chi connectivity index (χ3v) is 14.2. The number of imidazole rings is 1. The minimum atomic E-state index is -0.250. The number of fused-ring (bicyclic) bond motifs is 6. The van der Waals surface area contributed by atoms with Gasteiger partial charge in [-0.1, -0.05) is 76.6 Å². The van der Waals surface area contributed by atoms with Gasteiger partial charge < -0.3 is 40.8 Å². The van der Waals surface area contributed by atoms with E-state index in [4.69, 9.17) is 24.8 Å². The first-order chi connectivity index (χ1) is 32.5. The summed E-state index contributed by atoms with van der Waals surface area (Å²) in [5.74, 6) is 3.63. The molecule has 14 nitrogen and oxygen atoms in total. The molecule has 4 aromatic rings. The average Bonchev–Trinajstić information content (AvgIpc) is 4.16. The van der Waals surface area contributed by atoms with Gasteiger partial charge in [-0.15, -0.1) is 0 Å². The van der Waals surface area contributed by atoms with Gasteiger partial charge in [0.2, 0.25) is 5.91 Å². The highest BCUT2D eigenvalue weighted by molar-refractivity contribution is 5.86. The molecule has 3 aliphatic carbocycles. The van der Waals surface area contributed by atoms with Crippen molar-refractivity contribution in [1.82, 2.24) is 35.7 Å². The number of aldehydes is 1. The number of benzene rings is 3. The number of carboxylic acid groups (broad SMARTS) is 2. The predicted octanol–water partition coefficient (Wildman–Crippen LogP) is 8.15. The van der Waals surface area contributed by atoms with Gasteiger partial charge in [0.15, 0.2) is 0 Å². The number of amides is 1. The van der Waals surface area contributed by atoms with Crippen LogP contribution < -0.4 is 16.0 Å². The SMILES string of the molecule is C=N/C=C(\NCC1C2CCC(C2)N1C)c1ccc(-c2ccc(-c3ccc4nc(C5CCCN5C(=O)CNC)[nH]c4c3)c3c2CC2CCC32)cc1.CCC.CNC(C=O)C(C)C.O=CO.O=CO. The molecule has 2 bridgehead atoms. The minimum Gasteiger partial charge on any atom is -0.483 e. The lowest BCUT2D eigenvalue weighted by Gasteiger charge is -2.32. The van der Waals surface area contributed by atoms with Gasteiger partial charge in [-0.25, -0.2) is 4.98 Å². The van der Waals surface area contributed by atoms with Crippen LogP contribution in [0.25, 0.3) is 39.0 Å². The summed E-state index contributed by atoms with van der Waals surface area (Å²) in [5, 5.41) is 23.4. The second-order valence-corrected chi connectivity index (χ2v) is 18.6. The molecule has 4 fully saturated rings. The number of hydrogen-bond acceptors (Lipinski definition) is 10. The summed E-state index contributed by atoms with van der Waals surface area (Å²) >= 11 is 0. The number of rotatable bonds is 13. The van der Waals surface area contributed by atoms with Crippen molar-refractivity contribution in [2.75, 3.05) is 40.8 Å². The number of likely N-dealkylation sites (tertiary alicyclic amines) is 2. The Morgan fingerprint density at radius 2 is 1.61 bits per heavy atom. The minimum absolute atomic E-state index is 0.0110. The first-order valence-electron chi connectivity index (χ1n) is 24.1. The molecule has 5 aliphatic rings. The van der Waals surface area contributed by atoms with Crippen LogP contribution in [0.2, 0.25) is 0 Å². The molecule has 1 aromatic heterocycles. The van der Waals surface area contributed by atoms with Crippen LogP contribution in [0, 0.1) is 17.8 Å². The second kappa shape index (κ2) is 25.4. The van der Waals surface area contributed by atoms with Crippen molar-refractivity contribution in [2.45, 2.75) is 116 Å². The molecule has 362 valence electrons. The zero-order chi connectivity index (χ0) is 48.6. The van der Waals surface area contributed by atoms with Crippen LogP contribution in [0.3, 0.4) is 0 Å². The number of aliphatic imine (C=N–C) groups is 1. The Labute approximate surface area is 397 Å². The van der Waals surface area contributed by atoms with Gasteiger partial charge in [-0.2, -0.15) is 0 Å². The first-order valence-corrected chi connectivity index (χ1v) is 24.1. The monoisotopic (exact) mass is 919 g/mol. The Morgan fingerprint density at radius 1 is 0.940 bits per heavy atom. The summed E-state index contributed by atoms with van der Waals surface area (Å²) in [4.78, 5) is 56.9. The zero-order valence-corrected chi connectivity index (χ0v) is 40.6.